The molecule has 0 radical (unpaired) electrons. The second kappa shape index (κ2) is 4.29. The van der Waals surface area contributed by atoms with Crippen molar-refractivity contribution in [2.24, 2.45) is 5.92 Å². The van der Waals surface area contributed by atoms with E-state index in [9.17, 15) is 4.79 Å². The zero-order valence-corrected chi connectivity index (χ0v) is 8.68. The summed E-state index contributed by atoms with van der Waals surface area (Å²) in [5.74, 6) is 0.507. The SMILES string of the molecule is CC(=O)OC1CN2CCC1CC2.Cl. The molecule has 1 unspecified atom stereocenters. The molecule has 0 amide bonds. The van der Waals surface area contributed by atoms with Crippen LogP contribution in [0.2, 0.25) is 0 Å². The maximum atomic E-state index is 10.7. The van der Waals surface area contributed by atoms with E-state index in [-0.39, 0.29) is 24.5 Å². The molecule has 3 aliphatic heterocycles. The first-order chi connectivity index (χ1) is 5.75. The van der Waals surface area contributed by atoms with Crippen molar-refractivity contribution in [1.29, 1.82) is 0 Å². The van der Waals surface area contributed by atoms with Crippen LogP contribution in [0.1, 0.15) is 19.8 Å². The van der Waals surface area contributed by atoms with E-state index in [1.54, 1.807) is 0 Å². The standard InChI is InChI=1S/C9H15NO2.ClH/c1-7(11)12-9-6-10-4-2-8(9)3-5-10;/h8-9H,2-6H2,1H3;1H. The molecule has 0 aliphatic carbocycles. The molecule has 0 aromatic carbocycles. The fraction of sp³-hybridized carbons (Fsp3) is 0.889. The number of hydrogen-bond donors (Lipinski definition) is 0. The second-order valence-electron chi connectivity index (χ2n) is 3.79. The van der Waals surface area contributed by atoms with Gasteiger partial charge in [-0.1, -0.05) is 0 Å². The maximum absolute atomic E-state index is 10.7. The Morgan fingerprint density at radius 3 is 2.38 bits per heavy atom. The molecular formula is C9H16ClNO2. The molecule has 3 fully saturated rings. The van der Waals surface area contributed by atoms with E-state index >= 15 is 0 Å². The zero-order valence-electron chi connectivity index (χ0n) is 7.86. The monoisotopic (exact) mass is 205 g/mol. The lowest BCUT2D eigenvalue weighted by Gasteiger charge is -2.43. The molecule has 3 nitrogen and oxygen atoms in total. The molecule has 13 heavy (non-hydrogen) atoms. The van der Waals surface area contributed by atoms with Crippen molar-refractivity contribution in [3.63, 3.8) is 0 Å². The molecular weight excluding hydrogens is 190 g/mol. The fourth-order valence-electron chi connectivity index (χ4n) is 2.26. The van der Waals surface area contributed by atoms with Crippen molar-refractivity contribution in [2.45, 2.75) is 25.9 Å². The fourth-order valence-corrected chi connectivity index (χ4v) is 2.26. The van der Waals surface area contributed by atoms with E-state index in [0.29, 0.717) is 5.92 Å². The Hall–Kier alpha value is -0.280. The van der Waals surface area contributed by atoms with Gasteiger partial charge in [-0.05, 0) is 31.8 Å². The molecule has 0 aromatic rings. The number of hydrogen-bond acceptors (Lipinski definition) is 3. The summed E-state index contributed by atoms with van der Waals surface area (Å²) in [6, 6.07) is 0. The Morgan fingerprint density at radius 1 is 1.38 bits per heavy atom. The highest BCUT2D eigenvalue weighted by atomic mass is 35.5. The van der Waals surface area contributed by atoms with Gasteiger partial charge in [0.05, 0.1) is 0 Å². The van der Waals surface area contributed by atoms with Crippen molar-refractivity contribution in [3.8, 4) is 0 Å². The number of carbonyl (C=O) groups is 1. The van der Waals surface area contributed by atoms with Crippen LogP contribution in [0.25, 0.3) is 0 Å². The Bertz CT molecular complexity index is 190. The lowest BCUT2D eigenvalue weighted by Crippen LogP contribution is -2.51. The van der Waals surface area contributed by atoms with Crippen LogP contribution in [-0.4, -0.2) is 36.6 Å². The predicted octanol–water partition coefficient (Wildman–Crippen LogP) is 1.07. The van der Waals surface area contributed by atoms with Gasteiger partial charge in [-0.25, -0.2) is 0 Å². The molecule has 1 atom stereocenters. The largest absolute Gasteiger partial charge is 0.461 e. The van der Waals surface area contributed by atoms with Gasteiger partial charge in [0, 0.05) is 13.5 Å². The molecule has 3 aliphatic rings. The smallest absolute Gasteiger partial charge is 0.302 e. The summed E-state index contributed by atoms with van der Waals surface area (Å²) in [5.41, 5.74) is 0. The number of piperidine rings is 3. The Balaban J connectivity index is 0.000000845. The van der Waals surface area contributed by atoms with Crippen molar-refractivity contribution in [1.82, 2.24) is 4.90 Å². The molecule has 3 rings (SSSR count). The third kappa shape index (κ3) is 2.35. The molecule has 4 heteroatoms. The summed E-state index contributed by atoms with van der Waals surface area (Å²) in [5, 5.41) is 0. The topological polar surface area (TPSA) is 29.5 Å². The van der Waals surface area contributed by atoms with Gasteiger partial charge in [0.15, 0.2) is 0 Å². The Morgan fingerprint density at radius 2 is 2.00 bits per heavy atom. The highest BCUT2D eigenvalue weighted by molar-refractivity contribution is 5.85. The van der Waals surface area contributed by atoms with Gasteiger partial charge < -0.3 is 4.74 Å². The Labute approximate surface area is 84.8 Å². The van der Waals surface area contributed by atoms with E-state index in [0.717, 1.165) is 6.54 Å². The normalized spacial score (nSPS) is 36.5. The maximum Gasteiger partial charge on any atom is 0.302 e. The number of ether oxygens (including phenoxy) is 1. The van der Waals surface area contributed by atoms with E-state index in [1.807, 2.05) is 0 Å². The molecule has 0 spiro atoms. The van der Waals surface area contributed by atoms with E-state index in [1.165, 1.54) is 32.9 Å². The van der Waals surface area contributed by atoms with Gasteiger partial charge in [0.1, 0.15) is 6.10 Å². The molecule has 0 aromatic heterocycles. The van der Waals surface area contributed by atoms with Crippen molar-refractivity contribution in [2.75, 3.05) is 19.6 Å². The van der Waals surface area contributed by atoms with Crippen molar-refractivity contribution in [3.05, 3.63) is 0 Å². The molecule has 0 saturated carbocycles. The van der Waals surface area contributed by atoms with Crippen molar-refractivity contribution >= 4 is 18.4 Å². The quantitative estimate of drug-likeness (QED) is 0.600. The highest BCUT2D eigenvalue weighted by Crippen LogP contribution is 2.29. The summed E-state index contributed by atoms with van der Waals surface area (Å²) in [4.78, 5) is 13.1. The predicted molar refractivity (Wildman–Crippen MR) is 52.0 cm³/mol. The van der Waals surface area contributed by atoms with E-state index in [2.05, 4.69) is 4.90 Å². The summed E-state index contributed by atoms with van der Waals surface area (Å²) in [7, 11) is 0. The first-order valence-electron chi connectivity index (χ1n) is 4.65. The van der Waals surface area contributed by atoms with Crippen LogP contribution in [0.15, 0.2) is 0 Å². The Kier molecular flexibility index (Phi) is 3.56. The van der Waals surface area contributed by atoms with Gasteiger partial charge in [-0.15, -0.1) is 12.4 Å². The van der Waals surface area contributed by atoms with Gasteiger partial charge >= 0.3 is 5.97 Å². The van der Waals surface area contributed by atoms with Crippen molar-refractivity contribution < 1.29 is 9.53 Å². The van der Waals surface area contributed by atoms with Crippen LogP contribution in [0.4, 0.5) is 0 Å². The highest BCUT2D eigenvalue weighted by Gasteiger charge is 2.35. The summed E-state index contributed by atoms with van der Waals surface area (Å²) >= 11 is 0. The first kappa shape index (κ1) is 10.8. The summed E-state index contributed by atoms with van der Waals surface area (Å²) < 4.78 is 5.24. The van der Waals surface area contributed by atoms with Crippen LogP contribution < -0.4 is 0 Å². The summed E-state index contributed by atoms with van der Waals surface area (Å²) in [6.07, 6.45) is 2.60. The minimum atomic E-state index is -0.131. The van der Waals surface area contributed by atoms with Gasteiger partial charge in [-0.2, -0.15) is 0 Å². The van der Waals surface area contributed by atoms with Crippen LogP contribution in [0, 0.1) is 5.92 Å². The van der Waals surface area contributed by atoms with Gasteiger partial charge in [-0.3, -0.25) is 9.69 Å². The molecule has 0 N–H and O–H groups in total. The number of esters is 1. The third-order valence-corrected chi connectivity index (χ3v) is 2.91. The zero-order chi connectivity index (χ0) is 8.55. The third-order valence-electron chi connectivity index (χ3n) is 2.91. The molecule has 3 heterocycles. The molecule has 2 bridgehead atoms. The second-order valence-corrected chi connectivity index (χ2v) is 3.79. The van der Waals surface area contributed by atoms with Gasteiger partial charge in [0.25, 0.3) is 0 Å². The first-order valence-corrected chi connectivity index (χ1v) is 4.65. The molecule has 3 saturated heterocycles. The number of nitrogens with zero attached hydrogens (tertiary/aromatic N) is 1. The lowest BCUT2D eigenvalue weighted by atomic mass is 9.86. The number of fused-ring (bicyclic) bond motifs is 3. The average molecular weight is 206 g/mol. The number of halogens is 1. The number of rotatable bonds is 1. The van der Waals surface area contributed by atoms with Crippen LogP contribution in [0.3, 0.4) is 0 Å². The average Bonchev–Trinajstić information content (AvgIpc) is 2.05. The summed E-state index contributed by atoms with van der Waals surface area (Å²) in [6.45, 7) is 4.85. The van der Waals surface area contributed by atoms with Gasteiger partial charge in [0.2, 0.25) is 0 Å². The van der Waals surface area contributed by atoms with Crippen LogP contribution in [-0.2, 0) is 9.53 Å². The molecule has 76 valence electrons. The minimum Gasteiger partial charge on any atom is -0.461 e. The van der Waals surface area contributed by atoms with E-state index < -0.39 is 0 Å². The minimum absolute atomic E-state index is 0. The van der Waals surface area contributed by atoms with E-state index in [4.69, 9.17) is 4.74 Å². The lowest BCUT2D eigenvalue weighted by molar-refractivity contribution is -0.156. The van der Waals surface area contributed by atoms with Crippen LogP contribution >= 0.6 is 12.4 Å². The van der Waals surface area contributed by atoms with Crippen LogP contribution in [0.5, 0.6) is 0 Å². The number of carbonyl (C=O) groups excluding carboxylic acids is 1.